The number of hydrogen-bond donors (Lipinski definition) is 3. The predicted octanol–water partition coefficient (Wildman–Crippen LogP) is 3.04. The van der Waals surface area contributed by atoms with Gasteiger partial charge < -0.3 is 15.3 Å². The van der Waals surface area contributed by atoms with Crippen LogP contribution in [0.25, 0.3) is 0 Å². The number of carboxylic acid groups (broad SMARTS) is 1. The second-order valence-electron chi connectivity index (χ2n) is 7.56. The molecular formula is C21H34O6. The molecule has 1 aliphatic rings. The fourth-order valence-corrected chi connectivity index (χ4v) is 3.80. The summed E-state index contributed by atoms with van der Waals surface area (Å²) < 4.78 is 0. The maximum Gasteiger partial charge on any atom is 0.372 e. The van der Waals surface area contributed by atoms with Crippen molar-refractivity contribution in [1.29, 1.82) is 0 Å². The minimum Gasteiger partial charge on any atom is -0.476 e. The molecule has 0 spiro atoms. The van der Waals surface area contributed by atoms with E-state index in [4.69, 9.17) is 5.11 Å². The number of rotatable bonds is 14. The van der Waals surface area contributed by atoms with Crippen molar-refractivity contribution in [2.45, 2.75) is 89.8 Å². The van der Waals surface area contributed by atoms with Crippen LogP contribution in [0, 0.1) is 11.8 Å². The number of aliphatic carboxylic acids is 1. The maximum atomic E-state index is 12.0. The maximum absolute atomic E-state index is 12.0. The molecule has 0 heterocycles. The average Bonchev–Trinajstić information content (AvgIpc) is 2.89. The summed E-state index contributed by atoms with van der Waals surface area (Å²) in [5, 5.41) is 29.0. The molecule has 1 aliphatic carbocycles. The van der Waals surface area contributed by atoms with Gasteiger partial charge in [-0.25, -0.2) is 4.79 Å². The molecule has 0 amide bonds. The molecule has 0 aliphatic heterocycles. The Hall–Kier alpha value is -1.53. The molecular weight excluding hydrogens is 348 g/mol. The first-order valence-corrected chi connectivity index (χ1v) is 10.2. The Bertz CT molecular complexity index is 513. The molecule has 0 aromatic carbocycles. The standard InChI is InChI=1S/C21H34O6/c1-2-3-4-6-9-15(22)12-13-17-16(19(24)14-20(17)25)10-7-5-8-11-18(23)21(26)27/h5,7,16-17,19-20,24-25H,2-4,6,8-14H2,1H3,(H,26,27)/b7-5-/t16-,17-,19?,20?/m1/s1. The molecule has 1 saturated carbocycles. The van der Waals surface area contributed by atoms with Gasteiger partial charge in [0, 0.05) is 19.3 Å². The quantitative estimate of drug-likeness (QED) is 0.242. The monoisotopic (exact) mass is 382 g/mol. The molecule has 3 N–H and O–H groups in total. The van der Waals surface area contributed by atoms with Crippen molar-refractivity contribution in [1.82, 2.24) is 0 Å². The van der Waals surface area contributed by atoms with Crippen molar-refractivity contribution in [3.8, 4) is 0 Å². The lowest BCUT2D eigenvalue weighted by Crippen LogP contribution is -2.22. The van der Waals surface area contributed by atoms with Crippen LogP contribution in [0.4, 0.5) is 0 Å². The Morgan fingerprint density at radius 2 is 1.63 bits per heavy atom. The van der Waals surface area contributed by atoms with E-state index in [1.807, 2.05) is 6.08 Å². The first kappa shape index (κ1) is 23.5. The summed E-state index contributed by atoms with van der Waals surface area (Å²) >= 11 is 0. The van der Waals surface area contributed by atoms with Gasteiger partial charge in [0.25, 0.3) is 0 Å². The van der Waals surface area contributed by atoms with E-state index in [-0.39, 0.29) is 24.0 Å². The molecule has 0 bridgehead atoms. The molecule has 1 rings (SSSR count). The van der Waals surface area contributed by atoms with Crippen LogP contribution in [-0.4, -0.2) is 45.1 Å². The fraction of sp³-hybridized carbons (Fsp3) is 0.762. The second kappa shape index (κ2) is 12.8. The van der Waals surface area contributed by atoms with Gasteiger partial charge in [0.2, 0.25) is 5.78 Å². The van der Waals surface area contributed by atoms with E-state index in [0.29, 0.717) is 38.5 Å². The highest BCUT2D eigenvalue weighted by molar-refractivity contribution is 6.32. The second-order valence-corrected chi connectivity index (χ2v) is 7.56. The summed E-state index contributed by atoms with van der Waals surface area (Å²) in [6.45, 7) is 2.13. The Morgan fingerprint density at radius 1 is 0.926 bits per heavy atom. The highest BCUT2D eigenvalue weighted by Crippen LogP contribution is 2.38. The molecule has 6 heteroatoms. The minimum atomic E-state index is -1.42. The Kier molecular flexibility index (Phi) is 11.1. The zero-order chi connectivity index (χ0) is 20.2. The minimum absolute atomic E-state index is 0.0440. The van der Waals surface area contributed by atoms with Crippen LogP contribution in [0.2, 0.25) is 0 Å². The van der Waals surface area contributed by atoms with E-state index in [2.05, 4.69) is 6.92 Å². The van der Waals surface area contributed by atoms with Gasteiger partial charge >= 0.3 is 5.97 Å². The number of unbranched alkanes of at least 4 members (excludes halogenated alkanes) is 3. The summed E-state index contributed by atoms with van der Waals surface area (Å²) in [4.78, 5) is 33.5. The fourth-order valence-electron chi connectivity index (χ4n) is 3.80. The third-order valence-electron chi connectivity index (χ3n) is 5.44. The Morgan fingerprint density at radius 3 is 2.30 bits per heavy atom. The van der Waals surface area contributed by atoms with Crippen molar-refractivity contribution < 1.29 is 29.7 Å². The number of carboxylic acids is 1. The van der Waals surface area contributed by atoms with E-state index >= 15 is 0 Å². The Labute approximate surface area is 161 Å². The summed E-state index contributed by atoms with van der Waals surface area (Å²) in [6, 6.07) is 0. The van der Waals surface area contributed by atoms with Crippen LogP contribution in [0.5, 0.6) is 0 Å². The molecule has 2 unspecified atom stereocenters. The average molecular weight is 382 g/mol. The lowest BCUT2D eigenvalue weighted by atomic mass is 9.86. The summed E-state index contributed by atoms with van der Waals surface area (Å²) in [7, 11) is 0. The van der Waals surface area contributed by atoms with Gasteiger partial charge in [-0.2, -0.15) is 0 Å². The van der Waals surface area contributed by atoms with Crippen molar-refractivity contribution >= 4 is 17.5 Å². The van der Waals surface area contributed by atoms with Gasteiger partial charge in [-0.15, -0.1) is 0 Å². The summed E-state index contributed by atoms with van der Waals surface area (Å²) in [5.74, 6) is -2.23. The van der Waals surface area contributed by atoms with E-state index < -0.39 is 24.0 Å². The predicted molar refractivity (Wildman–Crippen MR) is 102 cm³/mol. The van der Waals surface area contributed by atoms with Gasteiger partial charge in [0.1, 0.15) is 5.78 Å². The number of carbonyl (C=O) groups is 3. The van der Waals surface area contributed by atoms with Crippen molar-refractivity contribution in [2.75, 3.05) is 0 Å². The lowest BCUT2D eigenvalue weighted by molar-refractivity contribution is -0.149. The highest BCUT2D eigenvalue weighted by atomic mass is 16.4. The number of allylic oxidation sites excluding steroid dienone is 2. The first-order valence-electron chi connectivity index (χ1n) is 10.2. The van der Waals surface area contributed by atoms with E-state index in [9.17, 15) is 24.6 Å². The third kappa shape index (κ3) is 8.80. The number of aliphatic hydroxyl groups is 2. The first-order chi connectivity index (χ1) is 12.9. The zero-order valence-electron chi connectivity index (χ0n) is 16.3. The van der Waals surface area contributed by atoms with Crippen molar-refractivity contribution in [2.24, 2.45) is 11.8 Å². The summed E-state index contributed by atoms with van der Waals surface area (Å²) in [6.07, 6.45) is 9.45. The molecule has 0 aromatic rings. The van der Waals surface area contributed by atoms with Gasteiger partial charge in [0.15, 0.2) is 0 Å². The molecule has 0 radical (unpaired) electrons. The highest BCUT2D eigenvalue weighted by Gasteiger charge is 2.40. The van der Waals surface area contributed by atoms with Crippen LogP contribution in [-0.2, 0) is 14.4 Å². The van der Waals surface area contributed by atoms with Crippen LogP contribution >= 0.6 is 0 Å². The number of ketones is 2. The van der Waals surface area contributed by atoms with E-state index in [1.165, 1.54) is 0 Å². The Balaban J connectivity index is 2.39. The molecule has 0 saturated heterocycles. The van der Waals surface area contributed by atoms with E-state index in [1.54, 1.807) is 6.08 Å². The molecule has 0 aromatic heterocycles. The van der Waals surface area contributed by atoms with Crippen LogP contribution in [0.3, 0.4) is 0 Å². The van der Waals surface area contributed by atoms with Gasteiger partial charge in [-0.3, -0.25) is 9.59 Å². The van der Waals surface area contributed by atoms with Crippen molar-refractivity contribution in [3.63, 3.8) is 0 Å². The van der Waals surface area contributed by atoms with Gasteiger partial charge in [0.05, 0.1) is 12.2 Å². The molecule has 6 nitrogen and oxygen atoms in total. The van der Waals surface area contributed by atoms with Crippen LogP contribution in [0.1, 0.15) is 77.6 Å². The smallest absolute Gasteiger partial charge is 0.372 e. The largest absolute Gasteiger partial charge is 0.476 e. The van der Waals surface area contributed by atoms with Gasteiger partial charge in [-0.1, -0.05) is 38.3 Å². The molecule has 1 fully saturated rings. The lowest BCUT2D eigenvalue weighted by Gasteiger charge is -2.22. The number of hydrogen-bond acceptors (Lipinski definition) is 5. The normalized spacial score (nSPS) is 25.1. The number of carbonyl (C=O) groups excluding carboxylic acids is 2. The topological polar surface area (TPSA) is 112 Å². The van der Waals surface area contributed by atoms with E-state index in [0.717, 1.165) is 25.7 Å². The van der Waals surface area contributed by atoms with Crippen LogP contribution < -0.4 is 0 Å². The molecule has 154 valence electrons. The van der Waals surface area contributed by atoms with Gasteiger partial charge in [-0.05, 0) is 43.9 Å². The molecule has 27 heavy (non-hydrogen) atoms. The summed E-state index contributed by atoms with van der Waals surface area (Å²) in [5.41, 5.74) is 0. The molecule has 4 atom stereocenters. The number of aliphatic hydroxyl groups excluding tert-OH is 2. The third-order valence-corrected chi connectivity index (χ3v) is 5.44. The zero-order valence-corrected chi connectivity index (χ0v) is 16.3. The van der Waals surface area contributed by atoms with Crippen LogP contribution in [0.15, 0.2) is 12.2 Å². The van der Waals surface area contributed by atoms with Crippen molar-refractivity contribution in [3.05, 3.63) is 12.2 Å². The number of Topliss-reactive ketones (excluding diaryl/α,β-unsaturated/α-hetero) is 2. The SMILES string of the molecule is CCCCCCC(=O)CC[C@H]1C(O)CC(O)[C@@H]1C/C=C\CCC(=O)C(=O)O.